The first-order valence-corrected chi connectivity index (χ1v) is 9.21. The summed E-state index contributed by atoms with van der Waals surface area (Å²) in [6.45, 7) is 10.7. The first-order valence-electron chi connectivity index (χ1n) is 9.21. The molecule has 0 aliphatic rings. The van der Waals surface area contributed by atoms with Gasteiger partial charge in [-0.3, -0.25) is 0 Å². The molecular formula is C20H30N4O2. The maximum atomic E-state index is 5.89. The lowest BCUT2D eigenvalue weighted by Crippen LogP contribution is -2.38. The fourth-order valence-corrected chi connectivity index (χ4v) is 2.45. The molecule has 0 saturated carbocycles. The lowest BCUT2D eigenvalue weighted by Gasteiger charge is -2.14. The average molecular weight is 358 g/mol. The van der Waals surface area contributed by atoms with Gasteiger partial charge in [-0.25, -0.2) is 9.98 Å². The quantitative estimate of drug-likeness (QED) is 0.408. The third-order valence-electron chi connectivity index (χ3n) is 4.04. The summed E-state index contributed by atoms with van der Waals surface area (Å²) in [7, 11) is 0. The third-order valence-corrected chi connectivity index (χ3v) is 4.04. The molecule has 0 aliphatic carbocycles. The van der Waals surface area contributed by atoms with Crippen molar-refractivity contribution in [2.45, 2.75) is 46.8 Å². The molecule has 0 fully saturated rings. The maximum Gasteiger partial charge on any atom is 0.216 e. The Bertz CT molecular complexity index is 663. The molecule has 26 heavy (non-hydrogen) atoms. The molecule has 2 rings (SSSR count). The van der Waals surface area contributed by atoms with Crippen molar-refractivity contribution < 1.29 is 9.15 Å². The van der Waals surface area contributed by atoms with Gasteiger partial charge >= 0.3 is 0 Å². The van der Waals surface area contributed by atoms with Crippen molar-refractivity contribution in [2.75, 3.05) is 19.7 Å². The molecule has 0 aliphatic heterocycles. The second-order valence-electron chi connectivity index (χ2n) is 6.15. The van der Waals surface area contributed by atoms with E-state index < -0.39 is 0 Å². The smallest absolute Gasteiger partial charge is 0.216 e. The van der Waals surface area contributed by atoms with E-state index in [-0.39, 0.29) is 6.10 Å². The minimum absolute atomic E-state index is 0.106. The molecule has 0 spiro atoms. The highest BCUT2D eigenvalue weighted by Gasteiger charge is 2.06. The number of oxazole rings is 1. The number of ether oxygens (including phenoxy) is 1. The highest BCUT2D eigenvalue weighted by Crippen LogP contribution is 2.15. The van der Waals surface area contributed by atoms with Crippen molar-refractivity contribution >= 4 is 5.96 Å². The van der Waals surface area contributed by atoms with E-state index in [9.17, 15) is 0 Å². The van der Waals surface area contributed by atoms with Gasteiger partial charge in [-0.2, -0.15) is 0 Å². The van der Waals surface area contributed by atoms with Crippen LogP contribution in [0, 0.1) is 13.8 Å². The van der Waals surface area contributed by atoms with Crippen molar-refractivity contribution in [2.24, 2.45) is 4.99 Å². The van der Waals surface area contributed by atoms with Crippen LogP contribution in [0.4, 0.5) is 0 Å². The number of hydrogen-bond donors (Lipinski definition) is 2. The van der Waals surface area contributed by atoms with Gasteiger partial charge in [0.2, 0.25) is 5.89 Å². The minimum atomic E-state index is 0.106. The number of aryl methyl sites for hydroxylation is 2. The summed E-state index contributed by atoms with van der Waals surface area (Å²) in [4.78, 5) is 8.87. The van der Waals surface area contributed by atoms with Crippen molar-refractivity contribution in [3.63, 3.8) is 0 Å². The van der Waals surface area contributed by atoms with Crippen molar-refractivity contribution in [3.8, 4) is 0 Å². The molecule has 1 unspecified atom stereocenters. The zero-order valence-electron chi connectivity index (χ0n) is 16.2. The summed E-state index contributed by atoms with van der Waals surface area (Å²) >= 11 is 0. The summed E-state index contributed by atoms with van der Waals surface area (Å²) in [5.74, 6) is 2.24. The number of aromatic nitrogens is 1. The Morgan fingerprint density at radius 2 is 2.00 bits per heavy atom. The van der Waals surface area contributed by atoms with Crippen LogP contribution in [0.1, 0.15) is 49.3 Å². The number of nitrogens with zero attached hydrogens (tertiary/aromatic N) is 2. The monoisotopic (exact) mass is 358 g/mol. The van der Waals surface area contributed by atoms with Gasteiger partial charge in [-0.1, -0.05) is 30.3 Å². The van der Waals surface area contributed by atoms with E-state index in [0.29, 0.717) is 19.0 Å². The number of hydrogen-bond acceptors (Lipinski definition) is 4. The number of aliphatic imine (C=N–C) groups is 1. The number of rotatable bonds is 9. The number of benzene rings is 1. The molecule has 1 heterocycles. The minimum Gasteiger partial charge on any atom is -0.444 e. The van der Waals surface area contributed by atoms with E-state index in [1.165, 1.54) is 5.56 Å². The normalized spacial score (nSPS) is 12.8. The number of nitrogens with one attached hydrogen (secondary N) is 2. The van der Waals surface area contributed by atoms with E-state index >= 15 is 0 Å². The van der Waals surface area contributed by atoms with Crippen molar-refractivity contribution in [1.82, 2.24) is 15.6 Å². The molecular weight excluding hydrogens is 328 g/mol. The van der Waals surface area contributed by atoms with E-state index in [1.807, 2.05) is 39.0 Å². The topological polar surface area (TPSA) is 71.7 Å². The van der Waals surface area contributed by atoms with E-state index in [0.717, 1.165) is 36.9 Å². The Hall–Kier alpha value is -2.34. The van der Waals surface area contributed by atoms with Crippen molar-refractivity contribution in [3.05, 3.63) is 53.2 Å². The molecule has 6 heteroatoms. The Morgan fingerprint density at radius 3 is 2.65 bits per heavy atom. The van der Waals surface area contributed by atoms with Gasteiger partial charge in [0.05, 0.1) is 11.8 Å². The highest BCUT2D eigenvalue weighted by molar-refractivity contribution is 5.79. The van der Waals surface area contributed by atoms with Gasteiger partial charge in [0, 0.05) is 19.7 Å². The summed E-state index contributed by atoms with van der Waals surface area (Å²) in [5, 5.41) is 6.54. The Kier molecular flexibility index (Phi) is 8.15. The molecule has 0 amide bonds. The van der Waals surface area contributed by atoms with Gasteiger partial charge < -0.3 is 19.8 Å². The largest absolute Gasteiger partial charge is 0.444 e. The highest BCUT2D eigenvalue weighted by atomic mass is 16.5. The van der Waals surface area contributed by atoms with Gasteiger partial charge in [0.25, 0.3) is 0 Å². The second-order valence-corrected chi connectivity index (χ2v) is 6.15. The van der Waals surface area contributed by atoms with Crippen LogP contribution >= 0.6 is 0 Å². The average Bonchev–Trinajstić information content (AvgIpc) is 2.97. The first kappa shape index (κ1) is 20.0. The summed E-state index contributed by atoms with van der Waals surface area (Å²) in [6, 6.07) is 10.3. The summed E-state index contributed by atoms with van der Waals surface area (Å²) in [6.07, 6.45) is 1.01. The molecule has 142 valence electrons. The number of guanidine groups is 1. The predicted octanol–water partition coefficient (Wildman–Crippen LogP) is 3.51. The lowest BCUT2D eigenvalue weighted by molar-refractivity contribution is 0.0646. The zero-order valence-corrected chi connectivity index (χ0v) is 16.2. The molecule has 1 atom stereocenters. The Morgan fingerprint density at radius 1 is 1.23 bits per heavy atom. The fourth-order valence-electron chi connectivity index (χ4n) is 2.45. The molecule has 0 bridgehead atoms. The van der Waals surface area contributed by atoms with E-state index in [2.05, 4.69) is 39.7 Å². The lowest BCUT2D eigenvalue weighted by atomic mass is 10.1. The summed E-state index contributed by atoms with van der Waals surface area (Å²) < 4.78 is 11.5. The molecule has 1 aromatic heterocycles. The van der Waals surface area contributed by atoms with Crippen LogP contribution in [0.5, 0.6) is 0 Å². The van der Waals surface area contributed by atoms with Crippen LogP contribution in [0.25, 0.3) is 0 Å². The maximum absolute atomic E-state index is 5.89. The van der Waals surface area contributed by atoms with Gasteiger partial charge in [-0.05, 0) is 39.7 Å². The fraction of sp³-hybridized carbons (Fsp3) is 0.500. The molecule has 6 nitrogen and oxygen atoms in total. The Labute approximate surface area is 156 Å². The van der Waals surface area contributed by atoms with Crippen molar-refractivity contribution in [1.29, 1.82) is 0 Å². The summed E-state index contributed by atoms with van der Waals surface area (Å²) in [5.41, 5.74) is 2.12. The Balaban J connectivity index is 1.71. The standard InChI is InChI=1S/C20H30N4O2/c1-5-21-20(23-14-19-24-15(2)16(3)26-19)22-12-9-13-25-17(4)18-10-7-6-8-11-18/h6-8,10-11,17H,5,9,12-14H2,1-4H3,(H2,21,22,23). The van der Waals surface area contributed by atoms with Crippen LogP contribution in [-0.2, 0) is 11.3 Å². The first-order chi connectivity index (χ1) is 12.6. The molecule has 0 radical (unpaired) electrons. The SMILES string of the molecule is CCNC(=NCc1nc(C)c(C)o1)NCCCOC(C)c1ccccc1. The molecule has 0 saturated heterocycles. The van der Waals surface area contributed by atoms with Gasteiger partial charge in [-0.15, -0.1) is 0 Å². The second kappa shape index (κ2) is 10.6. The molecule has 2 aromatic rings. The molecule has 2 N–H and O–H groups in total. The molecule has 1 aromatic carbocycles. The van der Waals surface area contributed by atoms with Crippen LogP contribution in [0.3, 0.4) is 0 Å². The van der Waals surface area contributed by atoms with Gasteiger partial charge in [0.1, 0.15) is 12.3 Å². The third kappa shape index (κ3) is 6.52. The van der Waals surface area contributed by atoms with Crippen LogP contribution in [0.2, 0.25) is 0 Å². The van der Waals surface area contributed by atoms with Crippen LogP contribution in [0.15, 0.2) is 39.7 Å². The van der Waals surface area contributed by atoms with Crippen LogP contribution < -0.4 is 10.6 Å². The van der Waals surface area contributed by atoms with E-state index in [1.54, 1.807) is 0 Å². The van der Waals surface area contributed by atoms with E-state index in [4.69, 9.17) is 9.15 Å². The predicted molar refractivity (Wildman–Crippen MR) is 104 cm³/mol. The van der Waals surface area contributed by atoms with Gasteiger partial charge in [0.15, 0.2) is 5.96 Å². The zero-order chi connectivity index (χ0) is 18.8. The van der Waals surface area contributed by atoms with Crippen LogP contribution in [-0.4, -0.2) is 30.6 Å².